The molecule has 1 aliphatic carbocycles. The average Bonchev–Trinajstić information content (AvgIpc) is 3.26. The minimum Gasteiger partial charge on any atom is -0.481 e. The number of nitrogens with zero attached hydrogens (tertiary/aromatic N) is 1. The Labute approximate surface area is 181 Å². The fraction of sp³-hybridized carbons (Fsp3) is 0.375. The van der Waals surface area contributed by atoms with Gasteiger partial charge in [-0.05, 0) is 35.1 Å². The number of carboxylic acids is 1. The van der Waals surface area contributed by atoms with Crippen molar-refractivity contribution < 1.29 is 24.2 Å². The Kier molecular flexibility index (Phi) is 5.43. The molecule has 0 unspecified atom stereocenters. The largest absolute Gasteiger partial charge is 0.481 e. The van der Waals surface area contributed by atoms with E-state index in [1.165, 1.54) is 4.90 Å². The minimum absolute atomic E-state index is 0.0513. The van der Waals surface area contributed by atoms with Crippen molar-refractivity contribution in [3.63, 3.8) is 0 Å². The molecule has 2 aliphatic rings. The quantitative estimate of drug-likeness (QED) is 0.772. The number of likely N-dealkylation sites (tertiary alicyclic amines) is 1. The van der Waals surface area contributed by atoms with Crippen molar-refractivity contribution in [2.24, 2.45) is 11.3 Å². The SMILES string of the molecule is C[C@@H]1CN(C(=O)CNC(=O)OCC2c3ccccc3-c3ccccc32)C[C@@]1(C)C(=O)O. The van der Waals surface area contributed by atoms with Crippen molar-refractivity contribution in [2.45, 2.75) is 19.8 Å². The van der Waals surface area contributed by atoms with Crippen molar-refractivity contribution in [1.29, 1.82) is 0 Å². The molecule has 31 heavy (non-hydrogen) atoms. The number of alkyl carbamates (subject to hydrolysis) is 1. The Hall–Kier alpha value is -3.35. The molecule has 0 bridgehead atoms. The number of hydrogen-bond acceptors (Lipinski definition) is 4. The number of amides is 2. The van der Waals surface area contributed by atoms with Crippen LogP contribution in [0.25, 0.3) is 11.1 Å². The van der Waals surface area contributed by atoms with Crippen molar-refractivity contribution in [3.05, 3.63) is 59.7 Å². The maximum absolute atomic E-state index is 12.5. The lowest BCUT2D eigenvalue weighted by Gasteiger charge is -2.22. The maximum atomic E-state index is 12.5. The molecule has 2 aromatic carbocycles. The third-order valence-electron chi connectivity index (χ3n) is 6.67. The number of fused-ring (bicyclic) bond motifs is 3. The molecule has 1 heterocycles. The molecule has 2 aromatic rings. The first-order valence-electron chi connectivity index (χ1n) is 10.4. The highest BCUT2D eigenvalue weighted by Crippen LogP contribution is 2.44. The summed E-state index contributed by atoms with van der Waals surface area (Å²) in [5, 5.41) is 11.9. The van der Waals surface area contributed by atoms with E-state index in [1.807, 2.05) is 43.3 Å². The van der Waals surface area contributed by atoms with Crippen LogP contribution in [0.4, 0.5) is 4.79 Å². The highest BCUT2D eigenvalue weighted by Gasteiger charge is 2.47. The Balaban J connectivity index is 1.33. The number of aliphatic carboxylic acids is 1. The third-order valence-corrected chi connectivity index (χ3v) is 6.67. The molecular formula is C24H26N2O5. The smallest absolute Gasteiger partial charge is 0.407 e. The van der Waals surface area contributed by atoms with E-state index in [-0.39, 0.29) is 37.4 Å². The Morgan fingerprint density at radius 1 is 1.10 bits per heavy atom. The van der Waals surface area contributed by atoms with Crippen molar-refractivity contribution in [3.8, 4) is 11.1 Å². The monoisotopic (exact) mass is 422 g/mol. The van der Waals surface area contributed by atoms with Gasteiger partial charge < -0.3 is 20.1 Å². The topological polar surface area (TPSA) is 95.9 Å². The summed E-state index contributed by atoms with van der Waals surface area (Å²) in [7, 11) is 0. The van der Waals surface area contributed by atoms with Crippen LogP contribution in [0.2, 0.25) is 0 Å². The number of rotatable bonds is 5. The van der Waals surface area contributed by atoms with E-state index in [0.717, 1.165) is 22.3 Å². The highest BCUT2D eigenvalue weighted by atomic mass is 16.5. The molecule has 2 atom stereocenters. The van der Waals surface area contributed by atoms with Gasteiger partial charge in [-0.2, -0.15) is 0 Å². The molecule has 1 aliphatic heterocycles. The molecule has 0 spiro atoms. The zero-order valence-corrected chi connectivity index (χ0v) is 17.6. The van der Waals surface area contributed by atoms with E-state index >= 15 is 0 Å². The van der Waals surface area contributed by atoms with Gasteiger partial charge in [0.05, 0.1) is 5.41 Å². The fourth-order valence-corrected chi connectivity index (χ4v) is 4.53. The van der Waals surface area contributed by atoms with E-state index in [9.17, 15) is 19.5 Å². The van der Waals surface area contributed by atoms with Crippen LogP contribution in [-0.2, 0) is 14.3 Å². The first kappa shape index (κ1) is 20.9. The van der Waals surface area contributed by atoms with Crippen LogP contribution >= 0.6 is 0 Å². The first-order valence-corrected chi connectivity index (χ1v) is 10.4. The van der Waals surface area contributed by atoms with Gasteiger partial charge >= 0.3 is 12.1 Å². The number of benzene rings is 2. The predicted molar refractivity (Wildman–Crippen MR) is 115 cm³/mol. The molecule has 162 valence electrons. The number of hydrogen-bond donors (Lipinski definition) is 2. The molecular weight excluding hydrogens is 396 g/mol. The zero-order valence-electron chi connectivity index (χ0n) is 17.6. The summed E-state index contributed by atoms with van der Waals surface area (Å²) in [6, 6.07) is 16.1. The Morgan fingerprint density at radius 3 is 2.23 bits per heavy atom. The van der Waals surface area contributed by atoms with Crippen molar-refractivity contribution >= 4 is 18.0 Å². The highest BCUT2D eigenvalue weighted by molar-refractivity contribution is 5.84. The molecule has 7 heteroatoms. The average molecular weight is 422 g/mol. The molecule has 2 amide bonds. The Morgan fingerprint density at radius 2 is 1.68 bits per heavy atom. The lowest BCUT2D eigenvalue weighted by molar-refractivity contribution is -0.149. The normalized spacial score (nSPS) is 22.0. The number of carbonyl (C=O) groups excluding carboxylic acids is 2. The van der Waals surface area contributed by atoms with E-state index in [0.29, 0.717) is 6.54 Å². The maximum Gasteiger partial charge on any atom is 0.407 e. The summed E-state index contributed by atoms with van der Waals surface area (Å²) in [6.07, 6.45) is -0.663. The number of carbonyl (C=O) groups is 3. The molecule has 1 saturated heterocycles. The second-order valence-electron chi connectivity index (χ2n) is 8.58. The summed E-state index contributed by atoms with van der Waals surface area (Å²) in [5.41, 5.74) is 3.55. The van der Waals surface area contributed by atoms with E-state index in [2.05, 4.69) is 17.4 Å². The van der Waals surface area contributed by atoms with E-state index < -0.39 is 17.5 Å². The number of nitrogens with one attached hydrogen (secondary N) is 1. The van der Waals surface area contributed by atoms with Crippen LogP contribution in [0.15, 0.2) is 48.5 Å². The van der Waals surface area contributed by atoms with Crippen LogP contribution in [0.3, 0.4) is 0 Å². The van der Waals surface area contributed by atoms with E-state index in [4.69, 9.17) is 4.74 Å². The summed E-state index contributed by atoms with van der Waals surface area (Å²) >= 11 is 0. The summed E-state index contributed by atoms with van der Waals surface area (Å²) in [6.45, 7) is 3.90. The van der Waals surface area contributed by atoms with Crippen molar-refractivity contribution in [1.82, 2.24) is 10.2 Å². The fourth-order valence-electron chi connectivity index (χ4n) is 4.53. The summed E-state index contributed by atoms with van der Waals surface area (Å²) in [4.78, 5) is 37.7. The molecule has 7 nitrogen and oxygen atoms in total. The molecule has 0 aromatic heterocycles. The molecule has 0 saturated carbocycles. The van der Waals surface area contributed by atoms with E-state index in [1.54, 1.807) is 6.92 Å². The van der Waals surface area contributed by atoms with Crippen LogP contribution in [0.5, 0.6) is 0 Å². The molecule has 1 fully saturated rings. The van der Waals surface area contributed by atoms with Gasteiger partial charge in [-0.1, -0.05) is 55.5 Å². The minimum atomic E-state index is -0.973. The van der Waals surface area contributed by atoms with Crippen LogP contribution < -0.4 is 5.32 Å². The van der Waals surface area contributed by atoms with Gasteiger partial charge in [-0.25, -0.2) is 4.79 Å². The van der Waals surface area contributed by atoms with Gasteiger partial charge in [0.15, 0.2) is 0 Å². The number of carboxylic acid groups (broad SMARTS) is 1. The van der Waals surface area contributed by atoms with Crippen molar-refractivity contribution in [2.75, 3.05) is 26.2 Å². The molecule has 2 N–H and O–H groups in total. The second-order valence-corrected chi connectivity index (χ2v) is 8.58. The van der Waals surface area contributed by atoms with Gasteiger partial charge in [0.2, 0.25) is 5.91 Å². The zero-order chi connectivity index (χ0) is 22.2. The summed E-state index contributed by atoms with van der Waals surface area (Å²) in [5.74, 6) is -1.45. The standard InChI is InChI=1S/C24H26N2O5/c1-15-12-26(14-24(15,2)22(28)29)21(27)11-25-23(30)31-13-20-18-9-5-3-7-16(18)17-8-4-6-10-19(17)20/h3-10,15,20H,11-14H2,1-2H3,(H,25,30)(H,28,29)/t15-,24-/m1/s1. The van der Waals surface area contributed by atoms with Gasteiger partial charge in [0.1, 0.15) is 13.2 Å². The van der Waals surface area contributed by atoms with Gasteiger partial charge in [0.25, 0.3) is 0 Å². The molecule has 0 radical (unpaired) electrons. The van der Waals surface area contributed by atoms with Gasteiger partial charge in [0, 0.05) is 19.0 Å². The Bertz CT molecular complexity index is 991. The predicted octanol–water partition coefficient (Wildman–Crippen LogP) is 3.09. The van der Waals surface area contributed by atoms with Gasteiger partial charge in [-0.3, -0.25) is 9.59 Å². The van der Waals surface area contributed by atoms with Crippen LogP contribution in [0.1, 0.15) is 30.9 Å². The molecule has 4 rings (SSSR count). The number of ether oxygens (including phenoxy) is 1. The lowest BCUT2D eigenvalue weighted by Crippen LogP contribution is -2.41. The van der Waals surface area contributed by atoms with Crippen LogP contribution in [-0.4, -0.2) is 54.2 Å². The third kappa shape index (κ3) is 3.76. The van der Waals surface area contributed by atoms with Crippen LogP contribution in [0, 0.1) is 11.3 Å². The van der Waals surface area contributed by atoms with Gasteiger partial charge in [-0.15, -0.1) is 0 Å². The second kappa shape index (κ2) is 8.06. The summed E-state index contributed by atoms with van der Waals surface area (Å²) < 4.78 is 5.44. The first-order chi connectivity index (χ1) is 14.8. The lowest BCUT2D eigenvalue weighted by atomic mass is 9.81.